The smallest absolute Gasteiger partial charge is 0.273 e. The Morgan fingerprint density at radius 1 is 1.44 bits per heavy atom. The second-order valence-corrected chi connectivity index (χ2v) is 6.60. The van der Waals surface area contributed by atoms with E-state index < -0.39 is 0 Å². The molecule has 0 spiro atoms. The van der Waals surface area contributed by atoms with Crippen LogP contribution in [-0.2, 0) is 6.54 Å². The molecule has 0 aliphatic carbocycles. The standard InChI is InChI=1S/C18H21BrN4O2/c1-4-9-22-13-11-16(19)25-15(13)10-14(22)18(24)21-17-7-8-20-23(17)12(5-2)6-3/h4,7-8,10-12H,1,5-6,9H2,2-3H3,(H,21,24). The average molecular weight is 405 g/mol. The van der Waals surface area contributed by atoms with E-state index in [9.17, 15) is 4.79 Å². The first kappa shape index (κ1) is 17.5. The number of nitrogens with one attached hydrogen (secondary N) is 1. The second kappa shape index (κ2) is 7.31. The first-order valence-corrected chi connectivity index (χ1v) is 9.12. The molecule has 132 valence electrons. The fourth-order valence-electron chi connectivity index (χ4n) is 3.04. The van der Waals surface area contributed by atoms with Crippen LogP contribution in [0.1, 0.15) is 43.2 Å². The lowest BCUT2D eigenvalue weighted by Gasteiger charge is -2.17. The quantitative estimate of drug-likeness (QED) is 0.563. The van der Waals surface area contributed by atoms with Crippen molar-refractivity contribution in [1.82, 2.24) is 14.3 Å². The molecule has 3 heterocycles. The van der Waals surface area contributed by atoms with E-state index >= 15 is 0 Å². The zero-order valence-corrected chi connectivity index (χ0v) is 15.9. The van der Waals surface area contributed by atoms with Crippen molar-refractivity contribution in [3.8, 4) is 0 Å². The number of hydrogen-bond acceptors (Lipinski definition) is 3. The van der Waals surface area contributed by atoms with Gasteiger partial charge in [-0.3, -0.25) is 4.79 Å². The van der Waals surface area contributed by atoms with E-state index in [-0.39, 0.29) is 11.9 Å². The number of halogens is 1. The minimum atomic E-state index is -0.197. The van der Waals surface area contributed by atoms with Gasteiger partial charge in [-0.2, -0.15) is 5.10 Å². The van der Waals surface area contributed by atoms with Crippen LogP contribution in [0.4, 0.5) is 5.82 Å². The van der Waals surface area contributed by atoms with Gasteiger partial charge >= 0.3 is 0 Å². The topological polar surface area (TPSA) is 65.0 Å². The maximum atomic E-state index is 12.9. The molecule has 0 aliphatic heterocycles. The molecule has 3 rings (SSSR count). The van der Waals surface area contributed by atoms with E-state index in [1.807, 2.05) is 21.4 Å². The van der Waals surface area contributed by atoms with Crippen LogP contribution >= 0.6 is 15.9 Å². The summed E-state index contributed by atoms with van der Waals surface area (Å²) in [5.74, 6) is 0.500. The summed E-state index contributed by atoms with van der Waals surface area (Å²) in [7, 11) is 0. The van der Waals surface area contributed by atoms with E-state index in [2.05, 4.69) is 46.8 Å². The van der Waals surface area contributed by atoms with E-state index in [1.165, 1.54) is 0 Å². The predicted octanol–water partition coefficient (Wildman–Crippen LogP) is 4.99. The van der Waals surface area contributed by atoms with Crippen LogP contribution in [0.3, 0.4) is 0 Å². The van der Waals surface area contributed by atoms with Gasteiger partial charge in [0.2, 0.25) is 0 Å². The van der Waals surface area contributed by atoms with Crippen molar-refractivity contribution in [1.29, 1.82) is 0 Å². The lowest BCUT2D eigenvalue weighted by atomic mass is 10.2. The molecule has 0 saturated carbocycles. The van der Waals surface area contributed by atoms with Gasteiger partial charge in [0.1, 0.15) is 11.5 Å². The molecule has 0 atom stereocenters. The normalized spacial score (nSPS) is 11.4. The number of furan rings is 1. The molecule has 0 fully saturated rings. The summed E-state index contributed by atoms with van der Waals surface area (Å²) in [4.78, 5) is 12.9. The van der Waals surface area contributed by atoms with Crippen LogP contribution in [0.5, 0.6) is 0 Å². The molecule has 3 aromatic rings. The van der Waals surface area contributed by atoms with Gasteiger partial charge in [-0.25, -0.2) is 4.68 Å². The van der Waals surface area contributed by atoms with E-state index in [0.29, 0.717) is 28.3 Å². The molecular weight excluding hydrogens is 384 g/mol. The molecule has 25 heavy (non-hydrogen) atoms. The van der Waals surface area contributed by atoms with Crippen molar-refractivity contribution in [2.75, 3.05) is 5.32 Å². The van der Waals surface area contributed by atoms with Gasteiger partial charge in [-0.05, 0) is 28.8 Å². The van der Waals surface area contributed by atoms with Crippen LogP contribution in [0.15, 0.2) is 46.1 Å². The third-order valence-corrected chi connectivity index (χ3v) is 4.69. The molecular formula is C18H21BrN4O2. The molecule has 3 aromatic heterocycles. The molecule has 1 amide bonds. The number of allylic oxidation sites excluding steroid dienone is 1. The zero-order valence-electron chi connectivity index (χ0n) is 14.3. The van der Waals surface area contributed by atoms with Crippen molar-refractivity contribution in [3.05, 3.63) is 47.4 Å². The maximum Gasteiger partial charge on any atom is 0.273 e. The number of nitrogens with zero attached hydrogens (tertiary/aromatic N) is 3. The third kappa shape index (κ3) is 3.28. The van der Waals surface area contributed by atoms with Crippen LogP contribution in [0.25, 0.3) is 11.1 Å². The van der Waals surface area contributed by atoms with Gasteiger partial charge in [0.05, 0.1) is 17.8 Å². The average Bonchev–Trinajstić information content (AvgIpc) is 3.26. The highest BCUT2D eigenvalue weighted by molar-refractivity contribution is 9.10. The predicted molar refractivity (Wildman–Crippen MR) is 102 cm³/mol. The first-order chi connectivity index (χ1) is 12.1. The monoisotopic (exact) mass is 404 g/mol. The number of hydrogen-bond donors (Lipinski definition) is 1. The fraction of sp³-hybridized carbons (Fsp3) is 0.333. The van der Waals surface area contributed by atoms with Crippen LogP contribution in [-0.4, -0.2) is 20.3 Å². The van der Waals surface area contributed by atoms with Crippen molar-refractivity contribution in [2.45, 2.75) is 39.3 Å². The van der Waals surface area contributed by atoms with Gasteiger partial charge in [0.25, 0.3) is 5.91 Å². The summed E-state index contributed by atoms with van der Waals surface area (Å²) in [6, 6.07) is 5.68. The Bertz CT molecular complexity index is 902. The lowest BCUT2D eigenvalue weighted by molar-refractivity contribution is 0.101. The number of amides is 1. The lowest BCUT2D eigenvalue weighted by Crippen LogP contribution is -2.20. The Hall–Kier alpha value is -2.28. The molecule has 0 unspecified atom stereocenters. The Labute approximate surface area is 154 Å². The first-order valence-electron chi connectivity index (χ1n) is 8.33. The highest BCUT2D eigenvalue weighted by Crippen LogP contribution is 2.28. The summed E-state index contributed by atoms with van der Waals surface area (Å²) in [5.41, 5.74) is 2.04. The molecule has 0 aliphatic rings. The molecule has 6 nitrogen and oxygen atoms in total. The molecule has 0 bridgehead atoms. The van der Waals surface area contributed by atoms with Gasteiger partial charge < -0.3 is 14.3 Å². The Kier molecular flexibility index (Phi) is 5.13. The number of rotatable bonds is 7. The summed E-state index contributed by atoms with van der Waals surface area (Å²) < 4.78 is 9.97. The van der Waals surface area contributed by atoms with Crippen molar-refractivity contribution >= 4 is 38.8 Å². The van der Waals surface area contributed by atoms with E-state index in [0.717, 1.165) is 18.4 Å². The van der Waals surface area contributed by atoms with Crippen molar-refractivity contribution in [3.63, 3.8) is 0 Å². The Balaban J connectivity index is 1.93. The van der Waals surface area contributed by atoms with Crippen molar-refractivity contribution in [2.24, 2.45) is 0 Å². The third-order valence-electron chi connectivity index (χ3n) is 4.30. The zero-order chi connectivity index (χ0) is 18.0. The summed E-state index contributed by atoms with van der Waals surface area (Å²) in [6.07, 6.45) is 5.37. The number of aromatic nitrogens is 3. The SMILES string of the molecule is C=CCn1c(C(=O)Nc2ccnn2C(CC)CC)cc2oc(Br)cc21. The second-order valence-electron chi connectivity index (χ2n) is 5.81. The minimum Gasteiger partial charge on any atom is -0.448 e. The molecule has 0 radical (unpaired) electrons. The largest absolute Gasteiger partial charge is 0.448 e. The van der Waals surface area contributed by atoms with Crippen LogP contribution in [0, 0.1) is 0 Å². The number of carbonyl (C=O) groups excluding carboxylic acids is 1. The Morgan fingerprint density at radius 3 is 2.88 bits per heavy atom. The van der Waals surface area contributed by atoms with Gasteiger partial charge in [0, 0.05) is 24.7 Å². The van der Waals surface area contributed by atoms with Gasteiger partial charge in [-0.1, -0.05) is 19.9 Å². The van der Waals surface area contributed by atoms with Crippen molar-refractivity contribution < 1.29 is 9.21 Å². The van der Waals surface area contributed by atoms with E-state index in [1.54, 1.807) is 18.3 Å². The van der Waals surface area contributed by atoms with Crippen LogP contribution in [0.2, 0.25) is 0 Å². The minimum absolute atomic E-state index is 0.197. The summed E-state index contributed by atoms with van der Waals surface area (Å²) in [5, 5.41) is 7.34. The number of anilines is 1. The number of fused-ring (bicyclic) bond motifs is 1. The highest BCUT2D eigenvalue weighted by Gasteiger charge is 2.20. The molecule has 0 saturated heterocycles. The highest BCUT2D eigenvalue weighted by atomic mass is 79.9. The molecule has 0 aromatic carbocycles. The Morgan fingerprint density at radius 2 is 2.20 bits per heavy atom. The summed E-state index contributed by atoms with van der Waals surface area (Å²) >= 11 is 3.32. The van der Waals surface area contributed by atoms with Gasteiger partial charge in [0.15, 0.2) is 10.3 Å². The maximum absolute atomic E-state index is 12.9. The number of carbonyl (C=O) groups is 1. The molecule has 7 heteroatoms. The van der Waals surface area contributed by atoms with Crippen LogP contribution < -0.4 is 5.32 Å². The fourth-order valence-corrected chi connectivity index (χ4v) is 3.44. The van der Waals surface area contributed by atoms with Gasteiger partial charge in [-0.15, -0.1) is 6.58 Å². The molecule has 1 N–H and O–H groups in total. The summed E-state index contributed by atoms with van der Waals surface area (Å²) in [6.45, 7) is 8.52. The van der Waals surface area contributed by atoms with E-state index in [4.69, 9.17) is 4.42 Å².